The molecule has 0 unspecified atom stereocenters. The van der Waals surface area contributed by atoms with E-state index in [1.807, 2.05) is 18.2 Å². The molecule has 3 aromatic rings. The number of hydrogen-bond acceptors (Lipinski definition) is 4. The molecule has 0 aliphatic heterocycles. The lowest BCUT2D eigenvalue weighted by Gasteiger charge is -2.06. The normalized spacial score (nSPS) is 11.2. The lowest BCUT2D eigenvalue weighted by Crippen LogP contribution is -2.07. The van der Waals surface area contributed by atoms with Crippen LogP contribution in [-0.4, -0.2) is 25.6 Å². The quantitative estimate of drug-likeness (QED) is 0.672. The molecule has 0 saturated heterocycles. The Morgan fingerprint density at radius 1 is 1.21 bits per heavy atom. The van der Waals surface area contributed by atoms with Gasteiger partial charge in [0.15, 0.2) is 5.82 Å². The lowest BCUT2D eigenvalue weighted by atomic mass is 10.3. The highest BCUT2D eigenvalue weighted by Crippen LogP contribution is 2.17. The second-order valence-electron chi connectivity index (χ2n) is 4.20. The zero-order chi connectivity index (χ0) is 13.1. The molecule has 19 heavy (non-hydrogen) atoms. The molecule has 0 spiro atoms. The predicted octanol–water partition coefficient (Wildman–Crippen LogP) is 2.44. The highest BCUT2D eigenvalue weighted by atomic mass is 35.5. The summed E-state index contributed by atoms with van der Waals surface area (Å²) in [6.07, 6.45) is 2.82. The predicted molar refractivity (Wildman–Crippen MR) is 72.2 cm³/mol. The Bertz CT molecular complexity index is 662. The molecule has 0 aliphatic carbocycles. The number of alkyl halides is 1. The van der Waals surface area contributed by atoms with E-state index in [4.69, 9.17) is 16.1 Å². The summed E-state index contributed by atoms with van der Waals surface area (Å²) in [5, 5.41) is 3.83. The van der Waals surface area contributed by atoms with E-state index in [-0.39, 0.29) is 0 Å². The number of aromatic nitrogens is 4. The Hall–Kier alpha value is -1.88. The first-order valence-corrected chi connectivity index (χ1v) is 6.67. The summed E-state index contributed by atoms with van der Waals surface area (Å²) >= 11 is 5.84. The number of rotatable bonds is 5. The number of benzene rings is 1. The van der Waals surface area contributed by atoms with Crippen molar-refractivity contribution >= 4 is 22.6 Å². The minimum Gasteiger partial charge on any atom is -0.343 e. The van der Waals surface area contributed by atoms with Crippen LogP contribution in [0.15, 0.2) is 35.2 Å². The third-order valence-electron chi connectivity index (χ3n) is 3.02. The van der Waals surface area contributed by atoms with Crippen LogP contribution in [0.4, 0.5) is 0 Å². The minimum absolute atomic E-state index is 0.561. The van der Waals surface area contributed by atoms with Crippen molar-refractivity contribution in [3.63, 3.8) is 0 Å². The standard InChI is InChI=1S/C13H13ClN4O/c14-7-5-13-16-10-3-1-2-4-11(10)18(13)8-6-12-15-9-19-17-12/h1-4,9H,5-8H2. The SMILES string of the molecule is ClCCc1nc2ccccc2n1CCc1ncon1. The first-order valence-electron chi connectivity index (χ1n) is 6.14. The van der Waals surface area contributed by atoms with E-state index in [2.05, 4.69) is 25.8 Å². The molecular weight excluding hydrogens is 264 g/mol. The highest BCUT2D eigenvalue weighted by Gasteiger charge is 2.10. The van der Waals surface area contributed by atoms with Gasteiger partial charge >= 0.3 is 0 Å². The van der Waals surface area contributed by atoms with Crippen LogP contribution in [0.3, 0.4) is 0 Å². The van der Waals surface area contributed by atoms with Crippen LogP contribution in [0.1, 0.15) is 11.6 Å². The fourth-order valence-electron chi connectivity index (χ4n) is 2.16. The smallest absolute Gasteiger partial charge is 0.213 e. The van der Waals surface area contributed by atoms with Crippen molar-refractivity contribution in [2.24, 2.45) is 0 Å². The van der Waals surface area contributed by atoms with Gasteiger partial charge in [-0.3, -0.25) is 0 Å². The summed E-state index contributed by atoms with van der Waals surface area (Å²) in [6, 6.07) is 8.08. The Kier molecular flexibility index (Phi) is 3.46. The number of aryl methyl sites for hydroxylation is 3. The van der Waals surface area contributed by atoms with Gasteiger partial charge in [0.05, 0.1) is 11.0 Å². The number of nitrogens with zero attached hydrogens (tertiary/aromatic N) is 4. The molecule has 0 radical (unpaired) electrons. The van der Waals surface area contributed by atoms with Crippen LogP contribution in [0.5, 0.6) is 0 Å². The average molecular weight is 277 g/mol. The topological polar surface area (TPSA) is 56.7 Å². The van der Waals surface area contributed by atoms with Crippen molar-refractivity contribution in [1.29, 1.82) is 0 Å². The summed E-state index contributed by atoms with van der Waals surface area (Å²) in [4.78, 5) is 8.65. The van der Waals surface area contributed by atoms with Gasteiger partial charge in [0, 0.05) is 25.3 Å². The van der Waals surface area contributed by atoms with E-state index in [0.717, 1.165) is 29.8 Å². The van der Waals surface area contributed by atoms with Crippen LogP contribution < -0.4 is 0 Å². The van der Waals surface area contributed by atoms with Gasteiger partial charge in [0.1, 0.15) is 5.82 Å². The van der Waals surface area contributed by atoms with Crippen molar-refractivity contribution in [2.45, 2.75) is 19.4 Å². The summed E-state index contributed by atoms with van der Waals surface area (Å²) < 4.78 is 6.92. The molecule has 0 saturated carbocycles. The molecule has 5 nitrogen and oxygen atoms in total. The van der Waals surface area contributed by atoms with Crippen molar-refractivity contribution < 1.29 is 4.52 Å². The zero-order valence-electron chi connectivity index (χ0n) is 10.3. The largest absolute Gasteiger partial charge is 0.343 e. The molecule has 2 aromatic heterocycles. The Balaban J connectivity index is 1.92. The minimum atomic E-state index is 0.561. The number of imidazole rings is 1. The van der Waals surface area contributed by atoms with Crippen molar-refractivity contribution in [3.8, 4) is 0 Å². The Morgan fingerprint density at radius 3 is 2.89 bits per heavy atom. The van der Waals surface area contributed by atoms with Gasteiger partial charge in [0.2, 0.25) is 6.39 Å². The average Bonchev–Trinajstić information content (AvgIpc) is 3.04. The van der Waals surface area contributed by atoms with Gasteiger partial charge in [-0.2, -0.15) is 4.98 Å². The van der Waals surface area contributed by atoms with Crippen LogP contribution >= 0.6 is 11.6 Å². The third kappa shape index (κ3) is 2.46. The van der Waals surface area contributed by atoms with Crippen LogP contribution in [0.2, 0.25) is 0 Å². The van der Waals surface area contributed by atoms with E-state index in [1.54, 1.807) is 0 Å². The fourth-order valence-corrected chi connectivity index (χ4v) is 2.33. The molecule has 98 valence electrons. The number of hydrogen-bond donors (Lipinski definition) is 0. The highest BCUT2D eigenvalue weighted by molar-refractivity contribution is 6.17. The Labute approximate surface area is 115 Å². The molecule has 0 bridgehead atoms. The van der Waals surface area contributed by atoms with Gasteiger partial charge in [-0.25, -0.2) is 4.98 Å². The first kappa shape index (κ1) is 12.2. The molecule has 0 amide bonds. The van der Waals surface area contributed by atoms with Gasteiger partial charge in [-0.05, 0) is 12.1 Å². The molecule has 3 rings (SSSR count). The van der Waals surface area contributed by atoms with Crippen LogP contribution in [0.25, 0.3) is 11.0 Å². The van der Waals surface area contributed by atoms with Crippen molar-refractivity contribution in [3.05, 3.63) is 42.3 Å². The number of fused-ring (bicyclic) bond motifs is 1. The van der Waals surface area contributed by atoms with E-state index in [9.17, 15) is 0 Å². The lowest BCUT2D eigenvalue weighted by molar-refractivity contribution is 0.408. The summed E-state index contributed by atoms with van der Waals surface area (Å²) in [5.74, 6) is 2.26. The fraction of sp³-hybridized carbons (Fsp3) is 0.308. The molecular formula is C13H13ClN4O. The van der Waals surface area contributed by atoms with Crippen molar-refractivity contribution in [1.82, 2.24) is 19.7 Å². The second-order valence-corrected chi connectivity index (χ2v) is 4.58. The monoisotopic (exact) mass is 276 g/mol. The third-order valence-corrected chi connectivity index (χ3v) is 3.21. The molecule has 2 heterocycles. The zero-order valence-corrected chi connectivity index (χ0v) is 11.0. The van der Waals surface area contributed by atoms with E-state index in [1.165, 1.54) is 6.39 Å². The number of para-hydroxylation sites is 2. The van der Waals surface area contributed by atoms with Gasteiger partial charge < -0.3 is 9.09 Å². The first-order chi connectivity index (χ1) is 9.38. The van der Waals surface area contributed by atoms with E-state index >= 15 is 0 Å². The van der Waals surface area contributed by atoms with Gasteiger partial charge in [-0.1, -0.05) is 17.3 Å². The van der Waals surface area contributed by atoms with E-state index in [0.29, 0.717) is 18.1 Å². The molecule has 0 atom stereocenters. The number of halogens is 1. The molecule has 1 aromatic carbocycles. The molecule has 0 aliphatic rings. The van der Waals surface area contributed by atoms with Crippen molar-refractivity contribution in [2.75, 3.05) is 5.88 Å². The second kappa shape index (κ2) is 5.40. The summed E-state index contributed by atoms with van der Waals surface area (Å²) in [5.41, 5.74) is 2.11. The van der Waals surface area contributed by atoms with Crippen LogP contribution in [0, 0.1) is 0 Å². The summed E-state index contributed by atoms with van der Waals surface area (Å²) in [6.45, 7) is 0.770. The van der Waals surface area contributed by atoms with E-state index < -0.39 is 0 Å². The molecule has 0 fully saturated rings. The van der Waals surface area contributed by atoms with Gasteiger partial charge in [-0.15, -0.1) is 11.6 Å². The molecule has 0 N–H and O–H groups in total. The summed E-state index contributed by atoms with van der Waals surface area (Å²) in [7, 11) is 0. The Morgan fingerprint density at radius 2 is 2.11 bits per heavy atom. The van der Waals surface area contributed by atoms with Gasteiger partial charge in [0.25, 0.3) is 0 Å². The molecule has 6 heteroatoms. The maximum atomic E-state index is 5.84. The maximum Gasteiger partial charge on any atom is 0.213 e. The van der Waals surface area contributed by atoms with Crippen LogP contribution in [-0.2, 0) is 19.4 Å². The maximum absolute atomic E-state index is 5.84.